The molecule has 0 saturated heterocycles. The lowest BCUT2D eigenvalue weighted by atomic mass is 9.58. The minimum Gasteiger partial charge on any atom is -0.369 e. The molecule has 0 unspecified atom stereocenters. The lowest BCUT2D eigenvalue weighted by Crippen LogP contribution is -2.42. The second-order valence-corrected chi connectivity index (χ2v) is 25.9. The summed E-state index contributed by atoms with van der Waals surface area (Å²) in [6.45, 7) is 16.8. The van der Waals surface area contributed by atoms with Gasteiger partial charge in [-0.1, -0.05) is 405 Å². The van der Waals surface area contributed by atoms with Crippen LogP contribution in [0.1, 0.15) is 160 Å². The second-order valence-electron chi connectivity index (χ2n) is 25.9. The Morgan fingerprint density at radius 1 is 0.235 bits per heavy atom. The normalized spacial score (nSPS) is 11.8. The summed E-state index contributed by atoms with van der Waals surface area (Å²) < 4.78 is 19.2. The van der Waals surface area contributed by atoms with Gasteiger partial charge in [-0.3, -0.25) is 0 Å². The SMILES string of the molecule is CCCC(C)(c1ccccc1)c1ccccc1.CCCC(CC(CC)(c1ccccc1)c1ccccc1)(c1ccccc1)c1ccccc1.CCOC(C)(c1ccccc1)c1ccccc1.CCOC(CC(OC)(c1ccccc1)c1ccccc1)(c1ccccc1)c1ccccc1. The van der Waals surface area contributed by atoms with E-state index < -0.39 is 11.2 Å². The molecule has 12 aromatic rings. The monoisotopic (exact) mass is 1290 g/mol. The zero-order valence-corrected chi connectivity index (χ0v) is 59.2. The lowest BCUT2D eigenvalue weighted by Gasteiger charge is -2.45. The number of ether oxygens (including phenoxy) is 3. The third-order valence-corrected chi connectivity index (χ3v) is 20.0. The zero-order chi connectivity index (χ0) is 68.8. The molecule has 0 bridgehead atoms. The Kier molecular flexibility index (Phi) is 26.9. The Balaban J connectivity index is 0.000000160. The van der Waals surface area contributed by atoms with Crippen LogP contribution in [0.15, 0.2) is 364 Å². The molecule has 0 amide bonds. The van der Waals surface area contributed by atoms with Crippen LogP contribution < -0.4 is 0 Å². The van der Waals surface area contributed by atoms with E-state index >= 15 is 0 Å². The quantitative estimate of drug-likeness (QED) is 0.0541. The maximum absolute atomic E-state index is 6.72. The molecular formula is C95H102O3. The van der Waals surface area contributed by atoms with Crippen LogP contribution in [0.3, 0.4) is 0 Å². The second kappa shape index (κ2) is 36.2. The van der Waals surface area contributed by atoms with Crippen LogP contribution in [0.25, 0.3) is 0 Å². The van der Waals surface area contributed by atoms with Crippen molar-refractivity contribution in [2.75, 3.05) is 20.3 Å². The Hall–Kier alpha value is -9.48. The molecule has 0 saturated carbocycles. The number of rotatable bonds is 26. The molecule has 12 aromatic carbocycles. The molecule has 0 fully saturated rings. The van der Waals surface area contributed by atoms with E-state index in [1.54, 1.807) is 7.11 Å². The minimum absolute atomic E-state index is 0.0705. The number of hydrogen-bond acceptors (Lipinski definition) is 3. The highest BCUT2D eigenvalue weighted by molar-refractivity contribution is 5.48. The van der Waals surface area contributed by atoms with Crippen LogP contribution in [-0.4, -0.2) is 20.3 Å². The lowest BCUT2D eigenvalue weighted by molar-refractivity contribution is -0.0870. The third kappa shape index (κ3) is 17.1. The van der Waals surface area contributed by atoms with Gasteiger partial charge in [-0.2, -0.15) is 0 Å². The van der Waals surface area contributed by atoms with Crippen molar-refractivity contribution in [2.24, 2.45) is 0 Å². The summed E-state index contributed by atoms with van der Waals surface area (Å²) in [4.78, 5) is 0. The van der Waals surface area contributed by atoms with E-state index in [0.717, 1.165) is 47.9 Å². The summed E-state index contributed by atoms with van der Waals surface area (Å²) >= 11 is 0. The highest BCUT2D eigenvalue weighted by atomic mass is 16.5. The van der Waals surface area contributed by atoms with Gasteiger partial charge >= 0.3 is 0 Å². The first-order valence-electron chi connectivity index (χ1n) is 35.5. The van der Waals surface area contributed by atoms with Crippen molar-refractivity contribution in [1.82, 2.24) is 0 Å². The van der Waals surface area contributed by atoms with Gasteiger partial charge in [-0.25, -0.2) is 0 Å². The first kappa shape index (κ1) is 72.8. The fourth-order valence-electron chi connectivity index (χ4n) is 15.0. The smallest absolute Gasteiger partial charge is 0.121 e. The number of hydrogen-bond donors (Lipinski definition) is 0. The van der Waals surface area contributed by atoms with Crippen molar-refractivity contribution in [2.45, 2.75) is 126 Å². The Morgan fingerprint density at radius 2 is 0.469 bits per heavy atom. The molecule has 0 heterocycles. The largest absolute Gasteiger partial charge is 0.369 e. The summed E-state index contributed by atoms with van der Waals surface area (Å²) in [5, 5.41) is 0. The zero-order valence-electron chi connectivity index (χ0n) is 59.2. The summed E-state index contributed by atoms with van der Waals surface area (Å²) in [5.41, 5.74) is 13.5. The van der Waals surface area contributed by atoms with Gasteiger partial charge in [0, 0.05) is 43.0 Å². The van der Waals surface area contributed by atoms with Gasteiger partial charge in [0.2, 0.25) is 0 Å². The molecule has 0 aliphatic carbocycles. The highest BCUT2D eigenvalue weighted by Gasteiger charge is 2.48. The number of benzene rings is 12. The summed E-state index contributed by atoms with van der Waals surface area (Å²) in [6, 6.07) is 129. The Bertz CT molecular complexity index is 3570. The third-order valence-electron chi connectivity index (χ3n) is 20.0. The van der Waals surface area contributed by atoms with Crippen LogP contribution in [0.2, 0.25) is 0 Å². The van der Waals surface area contributed by atoms with Gasteiger partial charge in [0.25, 0.3) is 0 Å². The van der Waals surface area contributed by atoms with Crippen LogP contribution in [0.4, 0.5) is 0 Å². The number of methoxy groups -OCH3 is 1. The Morgan fingerprint density at radius 3 is 0.714 bits per heavy atom. The van der Waals surface area contributed by atoms with E-state index in [1.165, 1.54) is 57.3 Å². The maximum atomic E-state index is 6.72. The first-order chi connectivity index (χ1) is 48.0. The molecule has 3 heteroatoms. The van der Waals surface area contributed by atoms with Gasteiger partial charge in [0.1, 0.15) is 16.8 Å². The fraction of sp³-hybridized carbons (Fsp3) is 0.242. The minimum atomic E-state index is -0.705. The van der Waals surface area contributed by atoms with E-state index in [1.807, 2.05) is 43.3 Å². The van der Waals surface area contributed by atoms with Crippen molar-refractivity contribution in [3.63, 3.8) is 0 Å². The van der Waals surface area contributed by atoms with Crippen LogP contribution in [0, 0.1) is 0 Å². The molecule has 0 radical (unpaired) electrons. The molecule has 0 aliphatic heterocycles. The molecule has 500 valence electrons. The van der Waals surface area contributed by atoms with Gasteiger partial charge in [0.15, 0.2) is 0 Å². The molecule has 3 nitrogen and oxygen atoms in total. The molecule has 0 aromatic heterocycles. The topological polar surface area (TPSA) is 27.7 Å². The maximum Gasteiger partial charge on any atom is 0.121 e. The van der Waals surface area contributed by atoms with Crippen molar-refractivity contribution in [3.8, 4) is 0 Å². The van der Waals surface area contributed by atoms with E-state index in [4.69, 9.17) is 14.2 Å². The highest BCUT2D eigenvalue weighted by Crippen LogP contribution is 2.52. The van der Waals surface area contributed by atoms with E-state index in [0.29, 0.717) is 19.6 Å². The van der Waals surface area contributed by atoms with Gasteiger partial charge in [-0.15, -0.1) is 0 Å². The van der Waals surface area contributed by atoms with Crippen molar-refractivity contribution in [3.05, 3.63) is 431 Å². The van der Waals surface area contributed by atoms with Crippen LogP contribution in [0.5, 0.6) is 0 Å². The van der Waals surface area contributed by atoms with Crippen LogP contribution in [-0.2, 0) is 47.3 Å². The van der Waals surface area contributed by atoms with Gasteiger partial charge in [0.05, 0.1) is 0 Å². The van der Waals surface area contributed by atoms with E-state index in [2.05, 4.69) is 369 Å². The Labute approximate surface area is 588 Å². The molecule has 12 rings (SSSR count). The predicted octanol–water partition coefficient (Wildman–Crippen LogP) is 24.3. The van der Waals surface area contributed by atoms with Crippen molar-refractivity contribution < 1.29 is 14.2 Å². The standard InChI is InChI=1S/C32H34.C30H30O2.C17H20.C16H18O/c1-3-25-32(29-21-13-7-14-22-29,30-23-15-8-16-24-30)26-31(4-2,27-17-9-5-10-18-27)28-19-11-6-12-20-28;1-3-32-30(27-20-12-6-13-21-27,28-22-14-7-15-23-28)24-29(31-2,25-16-8-4-9-17-25)26-18-10-5-11-19-26;1-3-14-17(2,15-10-6-4-7-11-15)16-12-8-5-9-13-16;1-3-17-16(2,14-10-6-4-7-11-14)15-12-8-5-9-13-15/h5-24H,3-4,25-26H2,1-2H3;4-23H,3,24H2,1-2H3;4-13H,3,14H2,1-2H3;4-13H,3H2,1-2H3. The van der Waals surface area contributed by atoms with Crippen LogP contribution >= 0.6 is 0 Å². The van der Waals surface area contributed by atoms with E-state index in [-0.39, 0.29) is 21.8 Å². The summed E-state index contributed by atoms with van der Waals surface area (Å²) in [6.07, 6.45) is 7.29. The molecule has 0 aliphatic rings. The predicted molar refractivity (Wildman–Crippen MR) is 413 cm³/mol. The molecule has 0 atom stereocenters. The molecule has 98 heavy (non-hydrogen) atoms. The average Bonchev–Trinajstić information content (AvgIpc) is 0.750. The molecule has 0 N–H and O–H groups in total. The molecule has 0 spiro atoms. The van der Waals surface area contributed by atoms with Crippen molar-refractivity contribution in [1.29, 1.82) is 0 Å². The first-order valence-corrected chi connectivity index (χ1v) is 35.5. The average molecular weight is 1290 g/mol. The molecular weight excluding hydrogens is 1190 g/mol. The summed E-state index contributed by atoms with van der Waals surface area (Å²) in [7, 11) is 1.80. The fourth-order valence-corrected chi connectivity index (χ4v) is 15.0. The van der Waals surface area contributed by atoms with Gasteiger partial charge < -0.3 is 14.2 Å². The van der Waals surface area contributed by atoms with Gasteiger partial charge in [-0.05, 0) is 113 Å². The van der Waals surface area contributed by atoms with E-state index in [9.17, 15) is 0 Å². The van der Waals surface area contributed by atoms with Crippen molar-refractivity contribution >= 4 is 0 Å². The summed E-state index contributed by atoms with van der Waals surface area (Å²) in [5.74, 6) is 0.